The van der Waals surface area contributed by atoms with E-state index in [4.69, 9.17) is 4.74 Å². The monoisotopic (exact) mass is 334 g/mol. The summed E-state index contributed by atoms with van der Waals surface area (Å²) in [5.41, 5.74) is 0.511. The number of halogens is 2. The number of benzene rings is 2. The van der Waals surface area contributed by atoms with Crippen LogP contribution in [0, 0.1) is 18.6 Å². The maximum atomic E-state index is 13.4. The van der Waals surface area contributed by atoms with Crippen molar-refractivity contribution in [3.63, 3.8) is 0 Å². The molecule has 0 atom stereocenters. The van der Waals surface area contributed by atoms with Crippen molar-refractivity contribution in [3.05, 3.63) is 59.7 Å². The Hall–Kier alpha value is -2.96. The van der Waals surface area contributed by atoms with Crippen molar-refractivity contribution in [2.45, 2.75) is 6.92 Å². The zero-order chi connectivity index (χ0) is 17.5. The average molecular weight is 334 g/mol. The lowest BCUT2D eigenvalue weighted by Gasteiger charge is -2.09. The number of hydrogen-bond donors (Lipinski definition) is 2. The molecule has 2 N–H and O–H groups in total. The first-order valence-corrected chi connectivity index (χ1v) is 7.16. The van der Waals surface area contributed by atoms with Crippen molar-refractivity contribution < 1.29 is 23.1 Å². The lowest BCUT2D eigenvalue weighted by molar-refractivity contribution is -0.125. The number of aryl methyl sites for hydroxylation is 1. The van der Waals surface area contributed by atoms with Gasteiger partial charge in [0.1, 0.15) is 23.1 Å². The summed E-state index contributed by atoms with van der Waals surface area (Å²) in [7, 11) is 0. The molecule has 2 aromatic rings. The minimum absolute atomic E-state index is 0.273. The zero-order valence-corrected chi connectivity index (χ0v) is 12.9. The van der Waals surface area contributed by atoms with E-state index in [1.54, 1.807) is 12.1 Å². The van der Waals surface area contributed by atoms with Crippen LogP contribution in [0.15, 0.2) is 42.5 Å². The Morgan fingerprint density at radius 1 is 1.00 bits per heavy atom. The van der Waals surface area contributed by atoms with Crippen molar-refractivity contribution in [2.24, 2.45) is 0 Å². The van der Waals surface area contributed by atoms with Crippen LogP contribution in [0.5, 0.6) is 5.75 Å². The summed E-state index contributed by atoms with van der Waals surface area (Å²) in [5, 5.41) is 4.37. The fraction of sp³-hybridized carbons (Fsp3) is 0.176. The van der Waals surface area contributed by atoms with E-state index in [-0.39, 0.29) is 6.61 Å². The number of carbonyl (C=O) groups is 2. The topological polar surface area (TPSA) is 67.4 Å². The van der Waals surface area contributed by atoms with Crippen molar-refractivity contribution in [1.29, 1.82) is 0 Å². The highest BCUT2D eigenvalue weighted by Crippen LogP contribution is 2.17. The Labute approximate surface area is 137 Å². The van der Waals surface area contributed by atoms with E-state index in [1.165, 1.54) is 6.07 Å². The number of amides is 2. The van der Waals surface area contributed by atoms with E-state index >= 15 is 0 Å². The molecule has 0 saturated heterocycles. The van der Waals surface area contributed by atoms with Gasteiger partial charge >= 0.3 is 0 Å². The number of para-hydroxylation sites is 1. The first-order valence-electron chi connectivity index (χ1n) is 7.16. The molecular weight excluding hydrogens is 318 g/mol. The third-order valence-electron chi connectivity index (χ3n) is 3.06. The van der Waals surface area contributed by atoms with Crippen LogP contribution in [0.4, 0.5) is 14.5 Å². The van der Waals surface area contributed by atoms with E-state index in [1.807, 2.05) is 19.1 Å². The number of anilines is 1. The average Bonchev–Trinajstić information content (AvgIpc) is 2.56. The van der Waals surface area contributed by atoms with Gasteiger partial charge in [0, 0.05) is 0 Å². The Bertz CT molecular complexity index is 713. The predicted octanol–water partition coefficient (Wildman–Crippen LogP) is 2.41. The van der Waals surface area contributed by atoms with E-state index in [0.717, 1.165) is 17.7 Å². The molecule has 0 spiro atoms. The van der Waals surface area contributed by atoms with Crippen molar-refractivity contribution in [1.82, 2.24) is 5.32 Å². The quantitative estimate of drug-likeness (QED) is 0.852. The second kappa shape index (κ2) is 8.05. The summed E-state index contributed by atoms with van der Waals surface area (Å²) < 4.78 is 32.0. The van der Waals surface area contributed by atoms with Crippen LogP contribution in [0.3, 0.4) is 0 Å². The summed E-state index contributed by atoms with van der Waals surface area (Å²) in [6, 6.07) is 10.3. The molecule has 24 heavy (non-hydrogen) atoms. The summed E-state index contributed by atoms with van der Waals surface area (Å²) >= 11 is 0. The maximum absolute atomic E-state index is 13.4. The standard InChI is InChI=1S/C17H16F2N2O3/c1-11-5-7-12(8-6-11)24-10-16(23)20-9-15(22)21-17-13(18)3-2-4-14(17)19/h2-8H,9-10H2,1H3,(H,20,23)(H,21,22). The molecule has 0 heterocycles. The van der Waals surface area contributed by atoms with Crippen LogP contribution >= 0.6 is 0 Å². The molecule has 0 saturated carbocycles. The van der Waals surface area contributed by atoms with Gasteiger partial charge in [-0.2, -0.15) is 0 Å². The van der Waals surface area contributed by atoms with Gasteiger partial charge in [-0.1, -0.05) is 23.8 Å². The van der Waals surface area contributed by atoms with Gasteiger partial charge in [0.15, 0.2) is 6.61 Å². The summed E-state index contributed by atoms with van der Waals surface area (Å²) in [6.07, 6.45) is 0. The maximum Gasteiger partial charge on any atom is 0.258 e. The van der Waals surface area contributed by atoms with Crippen LogP contribution < -0.4 is 15.4 Å². The third kappa shape index (κ3) is 5.05. The second-order valence-corrected chi connectivity index (χ2v) is 5.02. The first-order chi connectivity index (χ1) is 11.5. The molecule has 0 radical (unpaired) electrons. The number of hydrogen-bond acceptors (Lipinski definition) is 3. The molecule has 0 unspecified atom stereocenters. The highest BCUT2D eigenvalue weighted by atomic mass is 19.1. The van der Waals surface area contributed by atoms with Crippen LogP contribution in [-0.4, -0.2) is 25.0 Å². The van der Waals surface area contributed by atoms with E-state index in [9.17, 15) is 18.4 Å². The predicted molar refractivity (Wildman–Crippen MR) is 84.7 cm³/mol. The fourth-order valence-electron chi connectivity index (χ4n) is 1.81. The van der Waals surface area contributed by atoms with Gasteiger partial charge in [-0.15, -0.1) is 0 Å². The Kier molecular flexibility index (Phi) is 5.83. The molecule has 0 bridgehead atoms. The third-order valence-corrected chi connectivity index (χ3v) is 3.06. The summed E-state index contributed by atoms with van der Waals surface area (Å²) in [5.74, 6) is -2.54. The fourth-order valence-corrected chi connectivity index (χ4v) is 1.81. The lowest BCUT2D eigenvalue weighted by Crippen LogP contribution is -2.36. The molecule has 0 aliphatic heterocycles. The van der Waals surface area contributed by atoms with Crippen LogP contribution in [0.2, 0.25) is 0 Å². The van der Waals surface area contributed by atoms with Crippen molar-refractivity contribution in [3.8, 4) is 5.75 Å². The smallest absolute Gasteiger partial charge is 0.258 e. The minimum atomic E-state index is -0.891. The number of carbonyl (C=O) groups excluding carboxylic acids is 2. The molecule has 0 aliphatic carbocycles. The first kappa shape index (κ1) is 17.4. The van der Waals surface area contributed by atoms with Gasteiger partial charge in [0.25, 0.3) is 5.91 Å². The van der Waals surface area contributed by atoms with E-state index in [0.29, 0.717) is 5.75 Å². The molecule has 7 heteroatoms. The highest BCUT2D eigenvalue weighted by molar-refractivity contribution is 5.94. The number of ether oxygens (including phenoxy) is 1. The normalized spacial score (nSPS) is 10.1. The second-order valence-electron chi connectivity index (χ2n) is 5.02. The van der Waals surface area contributed by atoms with Gasteiger partial charge in [-0.05, 0) is 31.2 Å². The van der Waals surface area contributed by atoms with Crippen LogP contribution in [0.25, 0.3) is 0 Å². The molecule has 2 amide bonds. The molecular formula is C17H16F2N2O3. The van der Waals surface area contributed by atoms with Crippen molar-refractivity contribution in [2.75, 3.05) is 18.5 Å². The Balaban J connectivity index is 1.77. The number of nitrogens with one attached hydrogen (secondary N) is 2. The van der Waals surface area contributed by atoms with Gasteiger partial charge in [-0.25, -0.2) is 8.78 Å². The van der Waals surface area contributed by atoms with Crippen LogP contribution in [0.1, 0.15) is 5.56 Å². The van der Waals surface area contributed by atoms with Crippen LogP contribution in [-0.2, 0) is 9.59 Å². The lowest BCUT2D eigenvalue weighted by atomic mass is 10.2. The molecule has 0 fully saturated rings. The molecule has 2 aromatic carbocycles. The highest BCUT2D eigenvalue weighted by Gasteiger charge is 2.12. The van der Waals surface area contributed by atoms with E-state index < -0.39 is 35.7 Å². The van der Waals surface area contributed by atoms with Crippen molar-refractivity contribution >= 4 is 17.5 Å². The molecule has 126 valence electrons. The molecule has 2 rings (SSSR count). The van der Waals surface area contributed by atoms with Gasteiger partial charge in [0.05, 0.1) is 6.54 Å². The minimum Gasteiger partial charge on any atom is -0.484 e. The SMILES string of the molecule is Cc1ccc(OCC(=O)NCC(=O)Nc2c(F)cccc2F)cc1. The zero-order valence-electron chi connectivity index (χ0n) is 12.9. The van der Waals surface area contributed by atoms with E-state index in [2.05, 4.69) is 10.6 Å². The molecule has 5 nitrogen and oxygen atoms in total. The Morgan fingerprint density at radius 3 is 2.25 bits per heavy atom. The molecule has 0 aliphatic rings. The number of rotatable bonds is 6. The summed E-state index contributed by atoms with van der Waals surface area (Å²) in [4.78, 5) is 23.2. The molecule has 0 aromatic heterocycles. The van der Waals surface area contributed by atoms with Gasteiger partial charge < -0.3 is 15.4 Å². The largest absolute Gasteiger partial charge is 0.484 e. The summed E-state index contributed by atoms with van der Waals surface area (Å²) in [6.45, 7) is 1.22. The Morgan fingerprint density at radius 2 is 1.62 bits per heavy atom. The van der Waals surface area contributed by atoms with Gasteiger partial charge in [0.2, 0.25) is 5.91 Å². The van der Waals surface area contributed by atoms with Gasteiger partial charge in [-0.3, -0.25) is 9.59 Å².